The topological polar surface area (TPSA) is 26.0 Å². The number of hydrogen-bond donors (Lipinski definition) is 1. The summed E-state index contributed by atoms with van der Waals surface area (Å²) in [4.78, 5) is 0. The molecule has 0 radical (unpaired) electrons. The molecule has 1 aromatic carbocycles. The Morgan fingerprint density at radius 1 is 1.08 bits per heavy atom. The molecule has 1 heteroatoms. The van der Waals surface area contributed by atoms with Gasteiger partial charge in [0.1, 0.15) is 0 Å². The average Bonchev–Trinajstić information content (AvgIpc) is 2.02. The predicted octanol–water partition coefficient (Wildman–Crippen LogP) is 2.73. The fourth-order valence-corrected chi connectivity index (χ4v) is 1.50. The van der Waals surface area contributed by atoms with E-state index in [0.29, 0.717) is 12.0 Å². The van der Waals surface area contributed by atoms with Gasteiger partial charge in [-0.3, -0.25) is 0 Å². The number of hydrogen-bond acceptors (Lipinski definition) is 1. The molecule has 2 N–H and O–H groups in total. The van der Waals surface area contributed by atoms with Crippen LogP contribution in [0.4, 0.5) is 0 Å². The van der Waals surface area contributed by atoms with Crippen LogP contribution in [0.3, 0.4) is 0 Å². The van der Waals surface area contributed by atoms with Crippen molar-refractivity contribution in [3.8, 4) is 0 Å². The SMILES string of the molecule is CC(C)(C)Cc1ccccc1CN. The van der Waals surface area contributed by atoms with Crippen LogP contribution in [0.2, 0.25) is 0 Å². The lowest BCUT2D eigenvalue weighted by molar-refractivity contribution is 0.410. The molecule has 0 bridgehead atoms. The first-order chi connectivity index (χ1) is 6.03. The summed E-state index contributed by atoms with van der Waals surface area (Å²) in [5.41, 5.74) is 8.67. The fraction of sp³-hybridized carbons (Fsp3) is 0.500. The summed E-state index contributed by atoms with van der Waals surface area (Å²) in [5, 5.41) is 0. The van der Waals surface area contributed by atoms with E-state index in [1.54, 1.807) is 0 Å². The van der Waals surface area contributed by atoms with Gasteiger partial charge in [-0.15, -0.1) is 0 Å². The molecule has 0 aromatic heterocycles. The summed E-state index contributed by atoms with van der Waals surface area (Å²) in [6.45, 7) is 7.40. The van der Waals surface area contributed by atoms with Crippen molar-refractivity contribution in [2.24, 2.45) is 11.1 Å². The number of benzene rings is 1. The first-order valence-electron chi connectivity index (χ1n) is 4.80. The van der Waals surface area contributed by atoms with Gasteiger partial charge in [0.2, 0.25) is 0 Å². The highest BCUT2D eigenvalue weighted by Crippen LogP contribution is 2.22. The normalized spacial score (nSPS) is 11.7. The first kappa shape index (κ1) is 10.3. The third kappa shape index (κ3) is 3.19. The summed E-state index contributed by atoms with van der Waals surface area (Å²) >= 11 is 0. The van der Waals surface area contributed by atoms with Gasteiger partial charge in [0, 0.05) is 6.54 Å². The first-order valence-corrected chi connectivity index (χ1v) is 4.80. The molecule has 1 nitrogen and oxygen atoms in total. The zero-order chi connectivity index (χ0) is 9.90. The molecule has 0 fully saturated rings. The van der Waals surface area contributed by atoms with E-state index in [1.807, 2.05) is 6.07 Å². The van der Waals surface area contributed by atoms with Crippen molar-refractivity contribution in [1.29, 1.82) is 0 Å². The van der Waals surface area contributed by atoms with Gasteiger partial charge < -0.3 is 5.73 Å². The summed E-state index contributed by atoms with van der Waals surface area (Å²) < 4.78 is 0. The van der Waals surface area contributed by atoms with Crippen LogP contribution in [0.1, 0.15) is 31.9 Å². The van der Waals surface area contributed by atoms with Crippen molar-refractivity contribution in [1.82, 2.24) is 0 Å². The number of rotatable bonds is 2. The van der Waals surface area contributed by atoms with Crippen LogP contribution in [0.5, 0.6) is 0 Å². The lowest BCUT2D eigenvalue weighted by atomic mass is 9.86. The monoisotopic (exact) mass is 177 g/mol. The van der Waals surface area contributed by atoms with E-state index in [2.05, 4.69) is 39.0 Å². The smallest absolute Gasteiger partial charge is 0.0180 e. The second-order valence-corrected chi connectivity index (χ2v) is 4.71. The second-order valence-electron chi connectivity index (χ2n) is 4.71. The van der Waals surface area contributed by atoms with Crippen molar-refractivity contribution < 1.29 is 0 Å². The summed E-state index contributed by atoms with van der Waals surface area (Å²) in [6.07, 6.45) is 1.10. The molecule has 0 saturated heterocycles. The van der Waals surface area contributed by atoms with E-state index in [1.165, 1.54) is 11.1 Å². The zero-order valence-electron chi connectivity index (χ0n) is 8.80. The van der Waals surface area contributed by atoms with Crippen LogP contribution in [0, 0.1) is 5.41 Å². The highest BCUT2D eigenvalue weighted by molar-refractivity contribution is 5.27. The largest absolute Gasteiger partial charge is 0.326 e. The van der Waals surface area contributed by atoms with Crippen molar-refractivity contribution >= 4 is 0 Å². The third-order valence-corrected chi connectivity index (χ3v) is 2.06. The summed E-state index contributed by atoms with van der Waals surface area (Å²) in [6, 6.07) is 8.42. The highest BCUT2D eigenvalue weighted by atomic mass is 14.5. The van der Waals surface area contributed by atoms with Crippen molar-refractivity contribution in [2.75, 3.05) is 0 Å². The van der Waals surface area contributed by atoms with Gasteiger partial charge in [-0.1, -0.05) is 45.0 Å². The lowest BCUT2D eigenvalue weighted by Gasteiger charge is -2.19. The van der Waals surface area contributed by atoms with Gasteiger partial charge in [0.15, 0.2) is 0 Å². The van der Waals surface area contributed by atoms with Crippen molar-refractivity contribution in [3.05, 3.63) is 35.4 Å². The molecular formula is C12H19N. The molecule has 0 aliphatic rings. The standard InChI is InChI=1S/C12H19N/c1-12(2,3)8-10-6-4-5-7-11(10)9-13/h4-7H,8-9,13H2,1-3H3. The van der Waals surface area contributed by atoms with Crippen LogP contribution in [-0.4, -0.2) is 0 Å². The lowest BCUT2D eigenvalue weighted by Crippen LogP contribution is -2.12. The minimum absolute atomic E-state index is 0.339. The van der Waals surface area contributed by atoms with Gasteiger partial charge in [0.25, 0.3) is 0 Å². The van der Waals surface area contributed by atoms with Crippen LogP contribution >= 0.6 is 0 Å². The molecule has 72 valence electrons. The Morgan fingerprint density at radius 3 is 2.08 bits per heavy atom. The van der Waals surface area contributed by atoms with E-state index >= 15 is 0 Å². The van der Waals surface area contributed by atoms with E-state index in [9.17, 15) is 0 Å². The van der Waals surface area contributed by atoms with Gasteiger partial charge in [-0.2, -0.15) is 0 Å². The molecule has 0 atom stereocenters. The third-order valence-electron chi connectivity index (χ3n) is 2.06. The van der Waals surface area contributed by atoms with E-state index < -0.39 is 0 Å². The average molecular weight is 177 g/mol. The molecular weight excluding hydrogens is 158 g/mol. The molecule has 0 amide bonds. The Labute approximate surface area is 81.0 Å². The Bertz CT molecular complexity index is 271. The zero-order valence-corrected chi connectivity index (χ0v) is 8.80. The Balaban J connectivity index is 2.87. The van der Waals surface area contributed by atoms with Gasteiger partial charge >= 0.3 is 0 Å². The van der Waals surface area contributed by atoms with Crippen LogP contribution in [0.25, 0.3) is 0 Å². The van der Waals surface area contributed by atoms with Gasteiger partial charge in [-0.25, -0.2) is 0 Å². The molecule has 0 aliphatic carbocycles. The predicted molar refractivity (Wildman–Crippen MR) is 57.5 cm³/mol. The minimum Gasteiger partial charge on any atom is -0.326 e. The van der Waals surface area contributed by atoms with Crippen LogP contribution < -0.4 is 5.73 Å². The molecule has 0 aliphatic heterocycles. The molecule has 0 saturated carbocycles. The summed E-state index contributed by atoms with van der Waals surface area (Å²) in [7, 11) is 0. The van der Waals surface area contributed by atoms with Gasteiger partial charge in [0.05, 0.1) is 0 Å². The Hall–Kier alpha value is -0.820. The van der Waals surface area contributed by atoms with Crippen LogP contribution in [0.15, 0.2) is 24.3 Å². The maximum absolute atomic E-state index is 5.67. The molecule has 1 rings (SSSR count). The maximum atomic E-state index is 5.67. The molecule has 1 aromatic rings. The molecule has 0 heterocycles. The summed E-state index contributed by atoms with van der Waals surface area (Å²) in [5.74, 6) is 0. The highest BCUT2D eigenvalue weighted by Gasteiger charge is 2.12. The second kappa shape index (κ2) is 3.93. The fourth-order valence-electron chi connectivity index (χ4n) is 1.50. The number of nitrogens with two attached hydrogens (primary N) is 1. The minimum atomic E-state index is 0.339. The van der Waals surface area contributed by atoms with Gasteiger partial charge in [-0.05, 0) is 23.0 Å². The molecule has 13 heavy (non-hydrogen) atoms. The molecule has 0 unspecified atom stereocenters. The Kier molecular flexibility index (Phi) is 3.10. The Morgan fingerprint density at radius 2 is 1.62 bits per heavy atom. The van der Waals surface area contributed by atoms with E-state index in [0.717, 1.165) is 6.42 Å². The van der Waals surface area contributed by atoms with Crippen molar-refractivity contribution in [2.45, 2.75) is 33.7 Å². The van der Waals surface area contributed by atoms with Crippen molar-refractivity contribution in [3.63, 3.8) is 0 Å². The quantitative estimate of drug-likeness (QED) is 0.738. The van der Waals surface area contributed by atoms with E-state index in [4.69, 9.17) is 5.73 Å². The van der Waals surface area contributed by atoms with Crippen LogP contribution in [-0.2, 0) is 13.0 Å². The van der Waals surface area contributed by atoms with E-state index in [-0.39, 0.29) is 0 Å². The molecule has 0 spiro atoms. The maximum Gasteiger partial charge on any atom is 0.0180 e.